The van der Waals surface area contributed by atoms with E-state index in [0.717, 1.165) is 11.4 Å². The van der Waals surface area contributed by atoms with E-state index in [1.807, 2.05) is 31.2 Å². The number of hydrogen-bond acceptors (Lipinski definition) is 5. The number of halogens is 1. The Morgan fingerprint density at radius 1 is 1.04 bits per heavy atom. The first-order valence-corrected chi connectivity index (χ1v) is 8.43. The lowest BCUT2D eigenvalue weighted by Gasteiger charge is -2.11. The molecule has 0 aliphatic rings. The van der Waals surface area contributed by atoms with E-state index in [1.165, 1.54) is 0 Å². The van der Waals surface area contributed by atoms with Crippen LogP contribution in [0.5, 0.6) is 5.75 Å². The second kappa shape index (κ2) is 8.31. The largest absolute Gasteiger partial charge is 0.492 e. The van der Waals surface area contributed by atoms with Gasteiger partial charge in [0, 0.05) is 10.7 Å². The minimum Gasteiger partial charge on any atom is -0.492 e. The van der Waals surface area contributed by atoms with Crippen LogP contribution in [0.3, 0.4) is 0 Å². The molecule has 1 aromatic heterocycles. The van der Waals surface area contributed by atoms with Gasteiger partial charge in [-0.2, -0.15) is 0 Å². The Morgan fingerprint density at radius 2 is 1.81 bits per heavy atom. The molecule has 0 fully saturated rings. The first-order chi connectivity index (χ1) is 12.7. The van der Waals surface area contributed by atoms with Crippen molar-refractivity contribution in [1.82, 2.24) is 10.2 Å². The van der Waals surface area contributed by atoms with Gasteiger partial charge in [-0.05, 0) is 55.5 Å². The molecule has 0 radical (unpaired) electrons. The van der Waals surface area contributed by atoms with Crippen LogP contribution in [0.25, 0.3) is 0 Å². The van der Waals surface area contributed by atoms with Gasteiger partial charge in [0.25, 0.3) is 5.91 Å². The lowest BCUT2D eigenvalue weighted by molar-refractivity contribution is 0.102. The monoisotopic (exact) mass is 368 g/mol. The number of carbonyl (C=O) groups excluding carboxylic acids is 1. The van der Waals surface area contributed by atoms with E-state index in [2.05, 4.69) is 20.8 Å². The zero-order valence-electron chi connectivity index (χ0n) is 14.1. The zero-order valence-corrected chi connectivity index (χ0v) is 14.8. The first-order valence-electron chi connectivity index (χ1n) is 8.05. The molecule has 3 rings (SSSR count). The van der Waals surface area contributed by atoms with Gasteiger partial charge in [0.2, 0.25) is 0 Å². The summed E-state index contributed by atoms with van der Waals surface area (Å²) in [6.45, 7) is 2.48. The van der Waals surface area contributed by atoms with Crippen LogP contribution in [0.2, 0.25) is 5.02 Å². The summed E-state index contributed by atoms with van der Waals surface area (Å²) in [5.41, 5.74) is 1.62. The van der Waals surface area contributed by atoms with Crippen LogP contribution < -0.4 is 15.4 Å². The van der Waals surface area contributed by atoms with Crippen molar-refractivity contribution in [2.45, 2.75) is 6.92 Å². The highest BCUT2D eigenvalue weighted by molar-refractivity contribution is 6.30. The summed E-state index contributed by atoms with van der Waals surface area (Å²) in [4.78, 5) is 12.2. The molecule has 6 nitrogen and oxygen atoms in total. The Labute approximate surface area is 156 Å². The predicted molar refractivity (Wildman–Crippen MR) is 102 cm³/mol. The number of carbonyl (C=O) groups is 1. The number of nitrogens with one attached hydrogen (secondary N) is 2. The van der Waals surface area contributed by atoms with Crippen molar-refractivity contribution in [2.24, 2.45) is 0 Å². The van der Waals surface area contributed by atoms with E-state index in [1.54, 1.807) is 36.4 Å². The second-order valence-corrected chi connectivity index (χ2v) is 5.76. The number of hydrogen-bond donors (Lipinski definition) is 2. The lowest BCUT2D eigenvalue weighted by Crippen LogP contribution is -2.14. The summed E-state index contributed by atoms with van der Waals surface area (Å²) in [5.74, 6) is 0.891. The van der Waals surface area contributed by atoms with Crippen LogP contribution in [-0.4, -0.2) is 22.7 Å². The molecular weight excluding hydrogens is 352 g/mol. The highest BCUT2D eigenvalue weighted by Gasteiger charge is 2.10. The van der Waals surface area contributed by atoms with Crippen molar-refractivity contribution >= 4 is 34.7 Å². The van der Waals surface area contributed by atoms with Crippen molar-refractivity contribution in [3.63, 3.8) is 0 Å². The highest BCUT2D eigenvalue weighted by atomic mass is 35.5. The third-order valence-corrected chi connectivity index (χ3v) is 3.70. The summed E-state index contributed by atoms with van der Waals surface area (Å²) in [6, 6.07) is 17.7. The fourth-order valence-electron chi connectivity index (χ4n) is 2.24. The molecule has 0 bridgehead atoms. The second-order valence-electron chi connectivity index (χ2n) is 5.32. The van der Waals surface area contributed by atoms with Gasteiger partial charge in [0.1, 0.15) is 5.75 Å². The number of amides is 1. The number of anilines is 3. The van der Waals surface area contributed by atoms with Gasteiger partial charge in [-0.25, -0.2) is 0 Å². The number of nitrogens with zero attached hydrogens (tertiary/aromatic N) is 2. The number of para-hydroxylation sites is 2. The fourth-order valence-corrected chi connectivity index (χ4v) is 2.36. The molecule has 2 N–H and O–H groups in total. The topological polar surface area (TPSA) is 76.1 Å². The van der Waals surface area contributed by atoms with Crippen LogP contribution in [0.4, 0.5) is 17.2 Å². The van der Waals surface area contributed by atoms with Gasteiger partial charge in [0.15, 0.2) is 11.5 Å². The summed E-state index contributed by atoms with van der Waals surface area (Å²) < 4.78 is 5.56. The van der Waals surface area contributed by atoms with E-state index < -0.39 is 0 Å². The Balaban J connectivity index is 1.68. The van der Waals surface area contributed by atoms with Crippen molar-refractivity contribution < 1.29 is 9.53 Å². The third-order valence-electron chi connectivity index (χ3n) is 3.45. The molecule has 2 aromatic carbocycles. The van der Waals surface area contributed by atoms with Gasteiger partial charge in [-0.15, -0.1) is 10.2 Å². The molecule has 0 saturated heterocycles. The minimum absolute atomic E-state index is 0.212. The first kappa shape index (κ1) is 17.7. The Morgan fingerprint density at radius 3 is 2.50 bits per heavy atom. The van der Waals surface area contributed by atoms with Gasteiger partial charge < -0.3 is 15.4 Å². The maximum Gasteiger partial charge on any atom is 0.276 e. The summed E-state index contributed by atoms with van der Waals surface area (Å²) in [6.07, 6.45) is 0. The average molecular weight is 369 g/mol. The van der Waals surface area contributed by atoms with Crippen LogP contribution in [0.15, 0.2) is 60.7 Å². The molecule has 26 heavy (non-hydrogen) atoms. The van der Waals surface area contributed by atoms with Gasteiger partial charge in [-0.1, -0.05) is 23.7 Å². The van der Waals surface area contributed by atoms with Gasteiger partial charge >= 0.3 is 0 Å². The molecular formula is C19H17ClN4O2. The maximum atomic E-state index is 12.2. The van der Waals surface area contributed by atoms with Crippen molar-refractivity contribution in [1.29, 1.82) is 0 Å². The predicted octanol–water partition coefficient (Wildman–Crippen LogP) is 4.52. The van der Waals surface area contributed by atoms with Crippen LogP contribution in [-0.2, 0) is 0 Å². The number of benzene rings is 2. The number of aromatic nitrogens is 2. The van der Waals surface area contributed by atoms with Crippen molar-refractivity contribution in [2.75, 3.05) is 17.2 Å². The van der Waals surface area contributed by atoms with Gasteiger partial charge in [-0.3, -0.25) is 4.79 Å². The van der Waals surface area contributed by atoms with Crippen LogP contribution in [0, 0.1) is 0 Å². The average Bonchev–Trinajstić information content (AvgIpc) is 2.66. The summed E-state index contributed by atoms with van der Waals surface area (Å²) in [5, 5.41) is 14.5. The molecule has 1 heterocycles. The van der Waals surface area contributed by atoms with E-state index in [9.17, 15) is 4.79 Å². The molecule has 0 aliphatic carbocycles. The van der Waals surface area contributed by atoms with E-state index in [-0.39, 0.29) is 11.6 Å². The molecule has 0 atom stereocenters. The number of ether oxygens (including phenoxy) is 1. The van der Waals surface area contributed by atoms with Crippen molar-refractivity contribution in [3.05, 3.63) is 71.4 Å². The smallest absolute Gasteiger partial charge is 0.276 e. The minimum atomic E-state index is -0.346. The van der Waals surface area contributed by atoms with E-state index >= 15 is 0 Å². The molecule has 0 aliphatic heterocycles. The molecule has 132 valence electrons. The SMILES string of the molecule is CCOc1ccccc1Nc1ccc(C(=O)Nc2ccc(Cl)cc2)nn1. The van der Waals surface area contributed by atoms with E-state index in [0.29, 0.717) is 23.1 Å². The lowest BCUT2D eigenvalue weighted by atomic mass is 10.3. The normalized spacial score (nSPS) is 10.2. The number of rotatable bonds is 6. The van der Waals surface area contributed by atoms with Crippen molar-refractivity contribution in [3.8, 4) is 5.75 Å². The quantitative estimate of drug-likeness (QED) is 0.668. The third kappa shape index (κ3) is 4.49. The Kier molecular flexibility index (Phi) is 5.66. The van der Waals surface area contributed by atoms with Crippen LogP contribution >= 0.6 is 11.6 Å². The molecule has 3 aromatic rings. The standard InChI is InChI=1S/C19H17ClN4O2/c1-2-26-17-6-4-3-5-15(17)22-18-12-11-16(23-24-18)19(25)21-14-9-7-13(20)8-10-14/h3-12H,2H2,1H3,(H,21,25)(H,22,24). The Bertz CT molecular complexity index is 883. The maximum absolute atomic E-state index is 12.2. The fraction of sp³-hybridized carbons (Fsp3) is 0.105. The zero-order chi connectivity index (χ0) is 18.4. The Hall–Kier alpha value is -3.12. The summed E-state index contributed by atoms with van der Waals surface area (Å²) >= 11 is 5.83. The summed E-state index contributed by atoms with van der Waals surface area (Å²) in [7, 11) is 0. The van der Waals surface area contributed by atoms with E-state index in [4.69, 9.17) is 16.3 Å². The molecule has 0 spiro atoms. The molecule has 0 saturated carbocycles. The molecule has 0 unspecified atom stereocenters. The molecule has 7 heteroatoms. The van der Waals surface area contributed by atoms with Gasteiger partial charge in [0.05, 0.1) is 12.3 Å². The highest BCUT2D eigenvalue weighted by Crippen LogP contribution is 2.26. The molecule has 1 amide bonds. The van der Waals surface area contributed by atoms with Crippen LogP contribution in [0.1, 0.15) is 17.4 Å².